The van der Waals surface area contributed by atoms with Crippen LogP contribution in [0.15, 0.2) is 72.8 Å². The van der Waals surface area contributed by atoms with Crippen molar-refractivity contribution in [2.75, 3.05) is 12.4 Å². The Balaban J connectivity index is 1.51. The Kier molecular flexibility index (Phi) is 5.16. The number of ether oxygens (including phenoxy) is 2. The third-order valence-electron chi connectivity index (χ3n) is 4.75. The molecular weight excluding hydrogens is 368 g/mol. The molecule has 2 N–H and O–H groups in total. The third kappa shape index (κ3) is 3.91. The van der Waals surface area contributed by atoms with Gasteiger partial charge in [-0.05, 0) is 35.9 Å². The fraction of sp³-hybridized carbons (Fsp3) is 0.130. The third-order valence-corrected chi connectivity index (χ3v) is 4.75. The SMILES string of the molecule is COC(=O)c1ccc(COc2ccccc2[C@H]2NC(=O)c3ccccc3N2)cc1. The molecule has 29 heavy (non-hydrogen) atoms. The van der Waals surface area contributed by atoms with Crippen LogP contribution in [0.5, 0.6) is 5.75 Å². The standard InChI is InChI=1S/C23H20N2O4/c1-28-23(27)16-12-10-15(11-13-16)14-29-20-9-5-3-7-18(20)21-24-19-8-4-2-6-17(19)22(26)25-21/h2-13,21,24H,14H2,1H3,(H,25,26)/t21-/m1/s1. The van der Waals surface area contributed by atoms with Crippen LogP contribution in [0.4, 0.5) is 5.69 Å². The van der Waals surface area contributed by atoms with Gasteiger partial charge in [-0.1, -0.05) is 42.5 Å². The minimum Gasteiger partial charge on any atom is -0.488 e. The Hall–Kier alpha value is -3.80. The Labute approximate surface area is 168 Å². The lowest BCUT2D eigenvalue weighted by Gasteiger charge is -2.29. The van der Waals surface area contributed by atoms with Gasteiger partial charge in [-0.3, -0.25) is 4.79 Å². The van der Waals surface area contributed by atoms with Crippen LogP contribution in [0.1, 0.15) is 38.0 Å². The summed E-state index contributed by atoms with van der Waals surface area (Å²) >= 11 is 0. The molecule has 0 unspecified atom stereocenters. The van der Waals surface area contributed by atoms with E-state index in [0.717, 1.165) is 16.8 Å². The first kappa shape index (κ1) is 18.6. The minimum absolute atomic E-state index is 0.127. The molecule has 4 rings (SSSR count). The molecule has 0 aliphatic carbocycles. The lowest BCUT2D eigenvalue weighted by atomic mass is 10.1. The molecule has 1 aliphatic rings. The number of carbonyl (C=O) groups is 2. The average Bonchev–Trinajstić information content (AvgIpc) is 2.77. The van der Waals surface area contributed by atoms with Gasteiger partial charge in [0.1, 0.15) is 18.5 Å². The molecule has 3 aromatic rings. The highest BCUT2D eigenvalue weighted by molar-refractivity contribution is 6.01. The van der Waals surface area contributed by atoms with E-state index in [1.165, 1.54) is 7.11 Å². The van der Waals surface area contributed by atoms with Gasteiger partial charge in [0.05, 0.1) is 18.2 Å². The zero-order valence-electron chi connectivity index (χ0n) is 15.8. The summed E-state index contributed by atoms with van der Waals surface area (Å²) in [7, 11) is 1.35. The molecule has 0 saturated carbocycles. The van der Waals surface area contributed by atoms with E-state index in [-0.39, 0.29) is 11.9 Å². The predicted octanol–water partition coefficient (Wildman–Crippen LogP) is 3.91. The molecule has 1 amide bonds. The quantitative estimate of drug-likeness (QED) is 0.648. The number of methoxy groups -OCH3 is 1. The fourth-order valence-corrected chi connectivity index (χ4v) is 3.23. The summed E-state index contributed by atoms with van der Waals surface area (Å²) in [6.07, 6.45) is -0.393. The van der Waals surface area contributed by atoms with Crippen molar-refractivity contribution in [2.24, 2.45) is 0 Å². The van der Waals surface area contributed by atoms with Gasteiger partial charge in [0.2, 0.25) is 0 Å². The molecule has 1 aliphatic heterocycles. The smallest absolute Gasteiger partial charge is 0.337 e. The summed E-state index contributed by atoms with van der Waals surface area (Å²) < 4.78 is 10.7. The highest BCUT2D eigenvalue weighted by atomic mass is 16.5. The number of para-hydroxylation sites is 2. The molecule has 0 radical (unpaired) electrons. The molecule has 0 saturated heterocycles. The summed E-state index contributed by atoms with van der Waals surface area (Å²) in [4.78, 5) is 24.0. The molecule has 0 spiro atoms. The zero-order chi connectivity index (χ0) is 20.2. The second kappa shape index (κ2) is 8.06. The van der Waals surface area contributed by atoms with Gasteiger partial charge in [-0.25, -0.2) is 4.79 Å². The van der Waals surface area contributed by atoms with Gasteiger partial charge in [-0.2, -0.15) is 0 Å². The van der Waals surface area contributed by atoms with Gasteiger partial charge in [-0.15, -0.1) is 0 Å². The van der Waals surface area contributed by atoms with Crippen LogP contribution in [0.2, 0.25) is 0 Å². The summed E-state index contributed by atoms with van der Waals surface area (Å²) in [5.74, 6) is 0.168. The maximum atomic E-state index is 12.4. The van der Waals surface area contributed by atoms with Crippen LogP contribution in [0.25, 0.3) is 0 Å². The number of amides is 1. The molecule has 3 aromatic carbocycles. The van der Waals surface area contributed by atoms with Crippen molar-refractivity contribution in [1.29, 1.82) is 0 Å². The lowest BCUT2D eigenvalue weighted by molar-refractivity contribution is 0.0600. The second-order valence-electron chi connectivity index (χ2n) is 6.61. The summed E-state index contributed by atoms with van der Waals surface area (Å²) in [5.41, 5.74) is 3.65. The van der Waals surface area contributed by atoms with Crippen molar-refractivity contribution in [1.82, 2.24) is 5.32 Å². The van der Waals surface area contributed by atoms with Crippen molar-refractivity contribution >= 4 is 17.6 Å². The minimum atomic E-state index is -0.393. The Morgan fingerprint density at radius 2 is 1.66 bits per heavy atom. The molecule has 1 heterocycles. The summed E-state index contributed by atoms with van der Waals surface area (Å²) in [6.45, 7) is 0.329. The number of rotatable bonds is 5. The van der Waals surface area contributed by atoms with Gasteiger partial charge >= 0.3 is 5.97 Å². The number of benzene rings is 3. The first-order valence-corrected chi connectivity index (χ1v) is 9.21. The largest absolute Gasteiger partial charge is 0.488 e. The first-order valence-electron chi connectivity index (χ1n) is 9.21. The van der Waals surface area contributed by atoms with Gasteiger partial charge < -0.3 is 20.1 Å². The topological polar surface area (TPSA) is 76.7 Å². The molecule has 0 aromatic heterocycles. The van der Waals surface area contributed by atoms with E-state index >= 15 is 0 Å². The van der Waals surface area contributed by atoms with E-state index in [1.54, 1.807) is 18.2 Å². The maximum absolute atomic E-state index is 12.4. The number of carbonyl (C=O) groups excluding carboxylic acids is 2. The molecule has 1 atom stereocenters. The number of hydrogen-bond donors (Lipinski definition) is 2. The molecular formula is C23H20N2O4. The molecule has 146 valence electrons. The van der Waals surface area contributed by atoms with Gasteiger partial charge in [0.15, 0.2) is 0 Å². The average molecular weight is 388 g/mol. The molecule has 6 nitrogen and oxygen atoms in total. The van der Waals surface area contributed by atoms with Crippen LogP contribution >= 0.6 is 0 Å². The van der Waals surface area contributed by atoms with Crippen LogP contribution in [0, 0.1) is 0 Å². The van der Waals surface area contributed by atoms with E-state index in [2.05, 4.69) is 10.6 Å². The lowest BCUT2D eigenvalue weighted by Crippen LogP contribution is -2.38. The van der Waals surface area contributed by atoms with Crippen LogP contribution in [0.3, 0.4) is 0 Å². The van der Waals surface area contributed by atoms with Crippen molar-refractivity contribution in [3.63, 3.8) is 0 Å². The zero-order valence-corrected chi connectivity index (χ0v) is 15.8. The predicted molar refractivity (Wildman–Crippen MR) is 109 cm³/mol. The van der Waals surface area contributed by atoms with Crippen LogP contribution in [-0.4, -0.2) is 19.0 Å². The van der Waals surface area contributed by atoms with Crippen molar-refractivity contribution in [2.45, 2.75) is 12.8 Å². The van der Waals surface area contributed by atoms with Gasteiger partial charge in [0.25, 0.3) is 5.91 Å². The number of fused-ring (bicyclic) bond motifs is 1. The number of anilines is 1. The normalized spacial score (nSPS) is 14.9. The highest BCUT2D eigenvalue weighted by Crippen LogP contribution is 2.31. The summed E-state index contributed by atoms with van der Waals surface area (Å²) in [5, 5.41) is 6.32. The molecule has 0 fully saturated rings. The van der Waals surface area contributed by atoms with E-state index in [1.807, 2.05) is 54.6 Å². The van der Waals surface area contributed by atoms with E-state index in [4.69, 9.17) is 9.47 Å². The first-order chi connectivity index (χ1) is 14.2. The Morgan fingerprint density at radius 1 is 0.931 bits per heavy atom. The maximum Gasteiger partial charge on any atom is 0.337 e. The monoisotopic (exact) mass is 388 g/mol. The number of nitrogens with one attached hydrogen (secondary N) is 2. The van der Waals surface area contributed by atoms with E-state index in [9.17, 15) is 9.59 Å². The Bertz CT molecular complexity index is 1050. The highest BCUT2D eigenvalue weighted by Gasteiger charge is 2.26. The van der Waals surface area contributed by atoms with Gasteiger partial charge in [0, 0.05) is 11.3 Å². The Morgan fingerprint density at radius 3 is 2.45 bits per heavy atom. The van der Waals surface area contributed by atoms with Crippen molar-refractivity contribution in [3.05, 3.63) is 95.1 Å². The van der Waals surface area contributed by atoms with Crippen LogP contribution in [-0.2, 0) is 11.3 Å². The number of hydrogen-bond acceptors (Lipinski definition) is 5. The molecule has 6 heteroatoms. The second-order valence-corrected chi connectivity index (χ2v) is 6.61. The number of esters is 1. The van der Waals surface area contributed by atoms with E-state index in [0.29, 0.717) is 23.5 Å². The summed E-state index contributed by atoms with van der Waals surface area (Å²) in [6, 6.07) is 22.0. The van der Waals surface area contributed by atoms with E-state index < -0.39 is 6.17 Å². The van der Waals surface area contributed by atoms with Crippen molar-refractivity contribution in [3.8, 4) is 5.75 Å². The van der Waals surface area contributed by atoms with Crippen molar-refractivity contribution < 1.29 is 19.1 Å². The molecule has 0 bridgehead atoms. The van der Waals surface area contributed by atoms with Crippen LogP contribution < -0.4 is 15.4 Å². The fourth-order valence-electron chi connectivity index (χ4n) is 3.23.